The fourth-order valence-corrected chi connectivity index (χ4v) is 2.02. The maximum absolute atomic E-state index is 12.1. The number of nitrogens with one attached hydrogen (secondary N) is 1. The standard InChI is InChI=1S/C15H19N3O2/c1-3-20-15(19)14(13-9-10-17-18(13)2)16-11-12-7-5-4-6-8-12/h4-10,14,16H,3,11H2,1-2H3. The van der Waals surface area contributed by atoms with Crippen LogP contribution in [0.3, 0.4) is 0 Å². The maximum Gasteiger partial charge on any atom is 0.329 e. The van der Waals surface area contributed by atoms with Gasteiger partial charge in [-0.05, 0) is 18.6 Å². The summed E-state index contributed by atoms with van der Waals surface area (Å²) >= 11 is 0. The summed E-state index contributed by atoms with van der Waals surface area (Å²) in [4.78, 5) is 12.1. The molecule has 0 bridgehead atoms. The van der Waals surface area contributed by atoms with Gasteiger partial charge in [0.25, 0.3) is 0 Å². The van der Waals surface area contributed by atoms with Crippen LogP contribution in [0.25, 0.3) is 0 Å². The Balaban J connectivity index is 2.11. The van der Waals surface area contributed by atoms with E-state index in [2.05, 4.69) is 10.4 Å². The summed E-state index contributed by atoms with van der Waals surface area (Å²) in [5.41, 5.74) is 1.91. The van der Waals surface area contributed by atoms with Crippen LogP contribution >= 0.6 is 0 Å². The average molecular weight is 273 g/mol. The largest absolute Gasteiger partial charge is 0.465 e. The van der Waals surface area contributed by atoms with Gasteiger partial charge in [-0.25, -0.2) is 4.79 Å². The third-order valence-electron chi connectivity index (χ3n) is 3.03. The zero-order valence-corrected chi connectivity index (χ0v) is 11.7. The van der Waals surface area contributed by atoms with Crippen LogP contribution in [0.1, 0.15) is 24.2 Å². The number of ether oxygens (including phenoxy) is 1. The molecule has 1 N–H and O–H groups in total. The van der Waals surface area contributed by atoms with E-state index in [0.717, 1.165) is 11.3 Å². The molecule has 1 heterocycles. The summed E-state index contributed by atoms with van der Waals surface area (Å²) in [5, 5.41) is 7.33. The number of carbonyl (C=O) groups excluding carboxylic acids is 1. The molecule has 0 saturated carbocycles. The van der Waals surface area contributed by atoms with Gasteiger partial charge in [0.1, 0.15) is 6.04 Å². The number of hydrogen-bond acceptors (Lipinski definition) is 4. The first-order valence-electron chi connectivity index (χ1n) is 6.64. The molecular formula is C15H19N3O2. The second-order valence-corrected chi connectivity index (χ2v) is 4.43. The third kappa shape index (κ3) is 3.45. The van der Waals surface area contributed by atoms with E-state index in [-0.39, 0.29) is 5.97 Å². The van der Waals surface area contributed by atoms with Crippen LogP contribution < -0.4 is 5.32 Å². The van der Waals surface area contributed by atoms with Crippen molar-refractivity contribution in [3.05, 3.63) is 53.9 Å². The lowest BCUT2D eigenvalue weighted by molar-refractivity contribution is -0.146. The van der Waals surface area contributed by atoms with E-state index in [9.17, 15) is 4.79 Å². The minimum absolute atomic E-state index is 0.285. The number of nitrogens with zero attached hydrogens (tertiary/aromatic N) is 2. The van der Waals surface area contributed by atoms with Crippen molar-refractivity contribution in [1.29, 1.82) is 0 Å². The molecule has 1 atom stereocenters. The topological polar surface area (TPSA) is 56.1 Å². The molecule has 0 fully saturated rings. The van der Waals surface area contributed by atoms with E-state index in [1.807, 2.05) is 43.4 Å². The van der Waals surface area contributed by atoms with E-state index in [4.69, 9.17) is 4.74 Å². The first-order valence-corrected chi connectivity index (χ1v) is 6.64. The summed E-state index contributed by atoms with van der Waals surface area (Å²) in [7, 11) is 1.81. The highest BCUT2D eigenvalue weighted by Gasteiger charge is 2.24. The molecule has 0 radical (unpaired) electrons. The Morgan fingerprint density at radius 3 is 2.70 bits per heavy atom. The molecule has 0 spiro atoms. The SMILES string of the molecule is CCOC(=O)C(NCc1ccccc1)c1ccnn1C. The molecule has 2 aromatic rings. The van der Waals surface area contributed by atoms with Gasteiger partial charge in [0.2, 0.25) is 0 Å². The first-order chi connectivity index (χ1) is 9.72. The van der Waals surface area contributed by atoms with E-state index in [0.29, 0.717) is 13.2 Å². The number of carbonyl (C=O) groups is 1. The highest BCUT2D eigenvalue weighted by Crippen LogP contribution is 2.14. The van der Waals surface area contributed by atoms with Crippen LogP contribution in [0.2, 0.25) is 0 Å². The lowest BCUT2D eigenvalue weighted by Gasteiger charge is -2.17. The summed E-state index contributed by atoms with van der Waals surface area (Å²) in [6.07, 6.45) is 1.67. The Morgan fingerprint density at radius 2 is 2.10 bits per heavy atom. The van der Waals surface area contributed by atoms with E-state index >= 15 is 0 Å². The zero-order valence-electron chi connectivity index (χ0n) is 11.7. The second kappa shape index (κ2) is 6.86. The van der Waals surface area contributed by atoms with Crippen LogP contribution in [0.4, 0.5) is 0 Å². The van der Waals surface area contributed by atoms with Gasteiger partial charge >= 0.3 is 5.97 Å². The van der Waals surface area contributed by atoms with Crippen molar-refractivity contribution in [3.8, 4) is 0 Å². The summed E-state index contributed by atoms with van der Waals surface area (Å²) in [6, 6.07) is 11.2. The van der Waals surface area contributed by atoms with Crippen molar-refractivity contribution in [2.45, 2.75) is 19.5 Å². The van der Waals surface area contributed by atoms with Crippen molar-refractivity contribution in [2.24, 2.45) is 7.05 Å². The van der Waals surface area contributed by atoms with Crippen LogP contribution in [-0.2, 0) is 23.1 Å². The van der Waals surface area contributed by atoms with Crippen molar-refractivity contribution < 1.29 is 9.53 Å². The normalized spacial score (nSPS) is 12.1. The molecular weight excluding hydrogens is 254 g/mol. The van der Waals surface area contributed by atoms with Crippen molar-refractivity contribution >= 4 is 5.97 Å². The van der Waals surface area contributed by atoms with Crippen LogP contribution in [0, 0.1) is 0 Å². The number of benzene rings is 1. The molecule has 1 aromatic heterocycles. The number of aryl methyl sites for hydroxylation is 1. The molecule has 1 unspecified atom stereocenters. The van der Waals surface area contributed by atoms with Gasteiger partial charge < -0.3 is 4.74 Å². The molecule has 2 rings (SSSR count). The highest BCUT2D eigenvalue weighted by molar-refractivity contribution is 5.77. The summed E-state index contributed by atoms with van der Waals surface area (Å²) < 4.78 is 6.81. The summed E-state index contributed by atoms with van der Waals surface area (Å²) in [5.74, 6) is -0.285. The van der Waals surface area contributed by atoms with Crippen LogP contribution in [0.5, 0.6) is 0 Å². The lowest BCUT2D eigenvalue weighted by atomic mass is 10.1. The third-order valence-corrected chi connectivity index (χ3v) is 3.03. The van der Waals surface area contributed by atoms with Crippen LogP contribution in [0.15, 0.2) is 42.6 Å². The van der Waals surface area contributed by atoms with Crippen molar-refractivity contribution in [3.63, 3.8) is 0 Å². The molecule has 0 aliphatic heterocycles. The molecule has 0 aliphatic carbocycles. The van der Waals surface area contributed by atoms with Crippen molar-refractivity contribution in [1.82, 2.24) is 15.1 Å². The quantitative estimate of drug-likeness (QED) is 0.816. The van der Waals surface area contributed by atoms with E-state index in [1.54, 1.807) is 17.8 Å². The Labute approximate surface area is 118 Å². The van der Waals surface area contributed by atoms with Gasteiger partial charge in [-0.1, -0.05) is 30.3 Å². The fourth-order valence-electron chi connectivity index (χ4n) is 2.02. The monoisotopic (exact) mass is 273 g/mol. The molecule has 20 heavy (non-hydrogen) atoms. The Bertz CT molecular complexity index is 551. The van der Waals surface area contributed by atoms with Gasteiger partial charge in [0.05, 0.1) is 12.3 Å². The molecule has 5 heteroatoms. The van der Waals surface area contributed by atoms with Crippen molar-refractivity contribution in [2.75, 3.05) is 6.61 Å². The predicted octanol–water partition coefficient (Wildman–Crippen LogP) is 1.81. The second-order valence-electron chi connectivity index (χ2n) is 4.43. The van der Waals surface area contributed by atoms with Gasteiger partial charge in [0, 0.05) is 19.8 Å². The smallest absolute Gasteiger partial charge is 0.329 e. The minimum Gasteiger partial charge on any atom is -0.465 e. The van der Waals surface area contributed by atoms with Gasteiger partial charge in [-0.2, -0.15) is 5.10 Å². The average Bonchev–Trinajstić information content (AvgIpc) is 2.87. The van der Waals surface area contributed by atoms with Gasteiger partial charge in [-0.15, -0.1) is 0 Å². The highest BCUT2D eigenvalue weighted by atomic mass is 16.5. The van der Waals surface area contributed by atoms with Crippen LogP contribution in [-0.4, -0.2) is 22.4 Å². The maximum atomic E-state index is 12.1. The number of hydrogen-bond donors (Lipinski definition) is 1. The lowest BCUT2D eigenvalue weighted by Crippen LogP contribution is -2.31. The van der Waals surface area contributed by atoms with Gasteiger partial charge in [-0.3, -0.25) is 10.00 Å². The number of aromatic nitrogens is 2. The van der Waals surface area contributed by atoms with Gasteiger partial charge in [0.15, 0.2) is 0 Å². The molecule has 106 valence electrons. The predicted molar refractivity (Wildman–Crippen MR) is 75.9 cm³/mol. The minimum atomic E-state index is -0.511. The molecule has 0 aliphatic rings. The summed E-state index contributed by atoms with van der Waals surface area (Å²) in [6.45, 7) is 2.76. The number of esters is 1. The number of rotatable bonds is 6. The molecule has 5 nitrogen and oxygen atoms in total. The fraction of sp³-hybridized carbons (Fsp3) is 0.333. The first kappa shape index (κ1) is 14.3. The Morgan fingerprint density at radius 1 is 1.35 bits per heavy atom. The molecule has 0 amide bonds. The van der Waals surface area contributed by atoms with E-state index in [1.165, 1.54) is 0 Å². The Hall–Kier alpha value is -2.14. The zero-order chi connectivity index (χ0) is 14.4. The van der Waals surface area contributed by atoms with E-state index < -0.39 is 6.04 Å². The molecule has 1 aromatic carbocycles. The molecule has 0 saturated heterocycles. The Kier molecular flexibility index (Phi) is 4.90.